The number of hydrogen-bond acceptors (Lipinski definition) is 2. The number of amides is 1. The Kier molecular flexibility index (Phi) is 4.20. The molecule has 0 aliphatic heterocycles. The number of aliphatic hydroxyl groups excluding tert-OH is 1. The minimum atomic E-state index is -0.606. The molecule has 0 spiro atoms. The third-order valence-corrected chi connectivity index (χ3v) is 4.07. The minimum Gasteiger partial charge on any atom is -0.394 e. The van der Waals surface area contributed by atoms with Gasteiger partial charge < -0.3 is 10.4 Å². The van der Waals surface area contributed by atoms with E-state index >= 15 is 0 Å². The molecule has 3 nitrogen and oxygen atoms in total. The SMILES string of the molecule is CCC(CO)NC(=O)C1(c2cccc(F)c2)CCC1. The van der Waals surface area contributed by atoms with Crippen molar-refractivity contribution in [2.45, 2.75) is 44.1 Å². The van der Waals surface area contributed by atoms with Gasteiger partial charge in [0.2, 0.25) is 5.91 Å². The van der Waals surface area contributed by atoms with Crippen LogP contribution >= 0.6 is 0 Å². The maximum atomic E-state index is 13.3. The lowest BCUT2D eigenvalue weighted by Crippen LogP contribution is -2.52. The van der Waals surface area contributed by atoms with Crippen molar-refractivity contribution in [1.82, 2.24) is 5.32 Å². The van der Waals surface area contributed by atoms with E-state index in [4.69, 9.17) is 0 Å². The zero-order valence-corrected chi connectivity index (χ0v) is 11.2. The summed E-state index contributed by atoms with van der Waals surface area (Å²) in [6, 6.07) is 6.05. The Bertz CT molecular complexity index is 453. The first-order valence-corrected chi connectivity index (χ1v) is 6.80. The molecule has 0 radical (unpaired) electrons. The Balaban J connectivity index is 2.20. The zero-order chi connectivity index (χ0) is 13.9. The van der Waals surface area contributed by atoms with Crippen LogP contribution < -0.4 is 5.32 Å². The highest BCUT2D eigenvalue weighted by Gasteiger charge is 2.46. The molecule has 0 bridgehead atoms. The van der Waals surface area contributed by atoms with Crippen molar-refractivity contribution in [3.05, 3.63) is 35.6 Å². The molecule has 1 unspecified atom stereocenters. The van der Waals surface area contributed by atoms with Crippen LogP contribution in [0.2, 0.25) is 0 Å². The lowest BCUT2D eigenvalue weighted by atomic mass is 9.63. The molecule has 0 saturated heterocycles. The van der Waals surface area contributed by atoms with Crippen LogP contribution in [-0.2, 0) is 10.2 Å². The van der Waals surface area contributed by atoms with Gasteiger partial charge in [-0.2, -0.15) is 0 Å². The van der Waals surface area contributed by atoms with E-state index in [0.717, 1.165) is 24.8 Å². The quantitative estimate of drug-likeness (QED) is 0.857. The van der Waals surface area contributed by atoms with Crippen molar-refractivity contribution in [3.63, 3.8) is 0 Å². The summed E-state index contributed by atoms with van der Waals surface area (Å²) in [5.74, 6) is -0.406. The molecule has 0 aromatic heterocycles. The number of hydrogen-bond donors (Lipinski definition) is 2. The lowest BCUT2D eigenvalue weighted by molar-refractivity contribution is -0.131. The van der Waals surface area contributed by atoms with Crippen LogP contribution in [0.15, 0.2) is 24.3 Å². The molecule has 1 aromatic carbocycles. The maximum Gasteiger partial charge on any atom is 0.230 e. The molecule has 2 N–H and O–H groups in total. The number of carbonyl (C=O) groups excluding carboxylic acids is 1. The van der Waals surface area contributed by atoms with Crippen LogP contribution in [0, 0.1) is 5.82 Å². The van der Waals surface area contributed by atoms with Gasteiger partial charge in [-0.1, -0.05) is 25.5 Å². The fraction of sp³-hybridized carbons (Fsp3) is 0.533. The summed E-state index contributed by atoms with van der Waals surface area (Å²) in [6.45, 7) is 1.85. The largest absolute Gasteiger partial charge is 0.394 e. The van der Waals surface area contributed by atoms with E-state index in [2.05, 4.69) is 5.32 Å². The molecule has 2 rings (SSSR count). The standard InChI is InChI=1S/C15H20FNO2/c1-2-13(10-18)17-14(19)15(7-4-8-15)11-5-3-6-12(16)9-11/h3,5-6,9,13,18H,2,4,7-8,10H2,1H3,(H,17,19). The molecule has 19 heavy (non-hydrogen) atoms. The summed E-state index contributed by atoms with van der Waals surface area (Å²) in [5, 5.41) is 12.0. The van der Waals surface area contributed by atoms with Crippen LogP contribution in [0.3, 0.4) is 0 Å². The van der Waals surface area contributed by atoms with Crippen LogP contribution in [0.5, 0.6) is 0 Å². The van der Waals surface area contributed by atoms with E-state index in [1.54, 1.807) is 6.07 Å². The predicted molar refractivity (Wildman–Crippen MR) is 71.2 cm³/mol. The van der Waals surface area contributed by atoms with E-state index in [9.17, 15) is 14.3 Å². The fourth-order valence-corrected chi connectivity index (χ4v) is 2.56. The summed E-state index contributed by atoms with van der Waals surface area (Å²) in [4.78, 5) is 12.4. The maximum absolute atomic E-state index is 13.3. The van der Waals surface area contributed by atoms with Gasteiger partial charge in [-0.3, -0.25) is 4.79 Å². The van der Waals surface area contributed by atoms with E-state index in [1.807, 2.05) is 13.0 Å². The third-order valence-electron chi connectivity index (χ3n) is 4.07. The zero-order valence-electron chi connectivity index (χ0n) is 11.2. The van der Waals surface area contributed by atoms with Crippen LogP contribution in [-0.4, -0.2) is 23.7 Å². The Morgan fingerprint density at radius 3 is 2.74 bits per heavy atom. The smallest absolute Gasteiger partial charge is 0.230 e. The topological polar surface area (TPSA) is 49.3 Å². The van der Waals surface area contributed by atoms with Gasteiger partial charge >= 0.3 is 0 Å². The van der Waals surface area contributed by atoms with E-state index in [1.165, 1.54) is 12.1 Å². The van der Waals surface area contributed by atoms with Gasteiger partial charge in [-0.05, 0) is 37.0 Å². The predicted octanol–water partition coefficient (Wildman–Crippen LogP) is 2.13. The molecule has 104 valence electrons. The second kappa shape index (κ2) is 5.70. The molecular weight excluding hydrogens is 245 g/mol. The molecule has 1 atom stereocenters. The Morgan fingerprint density at radius 2 is 2.26 bits per heavy atom. The van der Waals surface area contributed by atoms with Crippen molar-refractivity contribution in [2.75, 3.05) is 6.61 Å². The summed E-state index contributed by atoms with van der Waals surface area (Å²) in [7, 11) is 0. The lowest BCUT2D eigenvalue weighted by Gasteiger charge is -2.41. The molecule has 1 aliphatic rings. The van der Waals surface area contributed by atoms with Crippen molar-refractivity contribution >= 4 is 5.91 Å². The average molecular weight is 265 g/mol. The molecule has 1 amide bonds. The number of carbonyl (C=O) groups is 1. The van der Waals surface area contributed by atoms with E-state index in [0.29, 0.717) is 6.42 Å². The first kappa shape index (κ1) is 14.0. The molecule has 4 heteroatoms. The highest BCUT2D eigenvalue weighted by Crippen LogP contribution is 2.44. The fourth-order valence-electron chi connectivity index (χ4n) is 2.56. The normalized spacial score (nSPS) is 18.5. The number of nitrogens with one attached hydrogen (secondary N) is 1. The molecule has 1 aromatic rings. The van der Waals surface area contributed by atoms with E-state index in [-0.39, 0.29) is 24.4 Å². The second-order valence-electron chi connectivity index (χ2n) is 5.21. The van der Waals surface area contributed by atoms with E-state index < -0.39 is 5.41 Å². The van der Waals surface area contributed by atoms with Gasteiger partial charge in [-0.15, -0.1) is 0 Å². The summed E-state index contributed by atoms with van der Waals surface area (Å²) in [6.07, 6.45) is 3.13. The van der Waals surface area contributed by atoms with Crippen LogP contribution in [0.1, 0.15) is 38.2 Å². The van der Waals surface area contributed by atoms with Crippen molar-refractivity contribution in [3.8, 4) is 0 Å². The molecule has 1 aliphatic carbocycles. The minimum absolute atomic E-state index is 0.0680. The van der Waals surface area contributed by atoms with Crippen molar-refractivity contribution < 1.29 is 14.3 Å². The van der Waals surface area contributed by atoms with Gasteiger partial charge in [0, 0.05) is 0 Å². The number of aliphatic hydroxyl groups is 1. The van der Waals surface area contributed by atoms with Gasteiger partial charge in [-0.25, -0.2) is 4.39 Å². The van der Waals surface area contributed by atoms with Crippen LogP contribution in [0.4, 0.5) is 4.39 Å². The summed E-state index contributed by atoms with van der Waals surface area (Å²) < 4.78 is 13.3. The Labute approximate surface area is 112 Å². The Hall–Kier alpha value is -1.42. The first-order chi connectivity index (χ1) is 9.12. The highest BCUT2D eigenvalue weighted by atomic mass is 19.1. The average Bonchev–Trinajstić information content (AvgIpc) is 2.34. The molecule has 1 fully saturated rings. The van der Waals surface area contributed by atoms with Gasteiger partial charge in [0.25, 0.3) is 0 Å². The van der Waals surface area contributed by atoms with Crippen LogP contribution in [0.25, 0.3) is 0 Å². The monoisotopic (exact) mass is 265 g/mol. The second-order valence-corrected chi connectivity index (χ2v) is 5.21. The number of rotatable bonds is 5. The van der Waals surface area contributed by atoms with Crippen molar-refractivity contribution in [1.29, 1.82) is 0 Å². The third kappa shape index (κ3) is 2.63. The van der Waals surface area contributed by atoms with Crippen molar-refractivity contribution in [2.24, 2.45) is 0 Å². The molecule has 0 heterocycles. The molecular formula is C15H20FNO2. The summed E-state index contributed by atoms with van der Waals surface area (Å²) >= 11 is 0. The number of halogens is 1. The molecule has 1 saturated carbocycles. The van der Waals surface area contributed by atoms with Gasteiger partial charge in [0.05, 0.1) is 18.1 Å². The summed E-state index contributed by atoms with van der Waals surface area (Å²) in [5.41, 5.74) is 0.133. The first-order valence-electron chi connectivity index (χ1n) is 6.80. The van der Waals surface area contributed by atoms with Gasteiger partial charge in [0.15, 0.2) is 0 Å². The highest BCUT2D eigenvalue weighted by molar-refractivity contribution is 5.89. The van der Waals surface area contributed by atoms with Gasteiger partial charge in [0.1, 0.15) is 5.82 Å². The Morgan fingerprint density at radius 1 is 1.53 bits per heavy atom. The number of benzene rings is 1.